The topological polar surface area (TPSA) is 118 Å². The zero-order valence-electron chi connectivity index (χ0n) is 8.37. The van der Waals surface area contributed by atoms with Gasteiger partial charge in [0.15, 0.2) is 0 Å². The van der Waals surface area contributed by atoms with E-state index in [2.05, 4.69) is 14.5 Å². The largest absolute Gasteiger partial charge is 0.476 e. The second-order valence-electron chi connectivity index (χ2n) is 2.56. The van der Waals surface area contributed by atoms with Gasteiger partial charge >= 0.3 is 11.4 Å². The Kier molecular flexibility index (Phi) is 3.18. The number of aromatic nitrogens is 1. The fourth-order valence-electron chi connectivity index (χ4n) is 1.02. The number of nitro groups is 2. The van der Waals surface area contributed by atoms with Crippen LogP contribution in [0.25, 0.3) is 0 Å². The summed E-state index contributed by atoms with van der Waals surface area (Å²) in [6.07, 6.45) is 0. The van der Waals surface area contributed by atoms with Crippen LogP contribution in [-0.4, -0.2) is 29.1 Å². The van der Waals surface area contributed by atoms with Gasteiger partial charge in [-0.1, -0.05) is 0 Å². The first-order valence-electron chi connectivity index (χ1n) is 3.93. The molecule has 0 unspecified atom stereocenters. The van der Waals surface area contributed by atoms with E-state index in [1.165, 1.54) is 14.2 Å². The molecular weight excluding hydrogens is 222 g/mol. The predicted octanol–water partition coefficient (Wildman–Crippen LogP) is 0.915. The molecule has 1 heterocycles. The lowest BCUT2D eigenvalue weighted by molar-refractivity contribution is -0.395. The summed E-state index contributed by atoms with van der Waals surface area (Å²) in [5.74, 6) is -0.681. The molecule has 0 atom stereocenters. The molecule has 0 aliphatic rings. The third-order valence-electron chi connectivity index (χ3n) is 1.69. The number of hydrogen-bond donors (Lipinski definition) is 0. The van der Waals surface area contributed by atoms with Crippen LogP contribution in [0, 0.1) is 20.2 Å². The summed E-state index contributed by atoms with van der Waals surface area (Å²) in [7, 11) is 2.33. The standard InChI is InChI=1S/C7H7N3O6/c1-15-6-4(9(11)12)3-5(10(13)14)7(8-6)16-2/h3H,1-2H3. The molecule has 0 saturated carbocycles. The van der Waals surface area contributed by atoms with Gasteiger partial charge < -0.3 is 9.47 Å². The smallest absolute Gasteiger partial charge is 0.338 e. The summed E-state index contributed by atoms with van der Waals surface area (Å²) in [6.45, 7) is 0. The average Bonchev–Trinajstić information content (AvgIpc) is 2.26. The van der Waals surface area contributed by atoms with Crippen molar-refractivity contribution >= 4 is 11.4 Å². The normalized spacial score (nSPS) is 9.62. The van der Waals surface area contributed by atoms with Crippen molar-refractivity contribution in [3.63, 3.8) is 0 Å². The molecule has 1 rings (SSSR count). The predicted molar refractivity (Wildman–Crippen MR) is 50.6 cm³/mol. The van der Waals surface area contributed by atoms with Gasteiger partial charge in [0.2, 0.25) is 0 Å². The van der Waals surface area contributed by atoms with Crippen LogP contribution in [0.1, 0.15) is 0 Å². The molecule has 86 valence electrons. The Morgan fingerprint density at radius 3 is 1.69 bits per heavy atom. The lowest BCUT2D eigenvalue weighted by Gasteiger charge is -2.03. The van der Waals surface area contributed by atoms with Crippen LogP contribution >= 0.6 is 0 Å². The Balaban J connectivity index is 3.46. The minimum absolute atomic E-state index is 0.340. The van der Waals surface area contributed by atoms with Crippen LogP contribution in [0.2, 0.25) is 0 Å². The number of rotatable bonds is 4. The third-order valence-corrected chi connectivity index (χ3v) is 1.69. The van der Waals surface area contributed by atoms with E-state index in [-0.39, 0.29) is 11.8 Å². The summed E-state index contributed by atoms with van der Waals surface area (Å²) in [5, 5.41) is 21.2. The van der Waals surface area contributed by atoms with Crippen LogP contribution in [0.3, 0.4) is 0 Å². The summed E-state index contributed by atoms with van der Waals surface area (Å²) >= 11 is 0. The van der Waals surface area contributed by atoms with Crippen LogP contribution in [0.5, 0.6) is 11.8 Å². The molecule has 0 aliphatic carbocycles. The van der Waals surface area contributed by atoms with Crippen molar-refractivity contribution in [2.45, 2.75) is 0 Å². The van der Waals surface area contributed by atoms with Gasteiger partial charge in [0.05, 0.1) is 24.1 Å². The first-order chi connectivity index (χ1) is 7.51. The maximum Gasteiger partial charge on any atom is 0.338 e. The molecule has 0 fully saturated rings. The molecular formula is C7H7N3O6. The molecule has 0 aromatic carbocycles. The Morgan fingerprint density at radius 1 is 1.06 bits per heavy atom. The van der Waals surface area contributed by atoms with Gasteiger partial charge in [-0.2, -0.15) is 4.98 Å². The minimum atomic E-state index is -0.821. The monoisotopic (exact) mass is 229 g/mol. The first-order valence-corrected chi connectivity index (χ1v) is 3.93. The second kappa shape index (κ2) is 4.38. The summed E-state index contributed by atoms with van der Waals surface area (Å²) in [6, 6.07) is 0.741. The zero-order chi connectivity index (χ0) is 12.3. The van der Waals surface area contributed by atoms with Crippen molar-refractivity contribution in [2.75, 3.05) is 14.2 Å². The van der Waals surface area contributed by atoms with Gasteiger partial charge in [0.25, 0.3) is 11.8 Å². The van der Waals surface area contributed by atoms with E-state index >= 15 is 0 Å². The van der Waals surface area contributed by atoms with Crippen LogP contribution in [-0.2, 0) is 0 Å². The fraction of sp³-hybridized carbons (Fsp3) is 0.286. The number of methoxy groups -OCH3 is 2. The van der Waals surface area contributed by atoms with E-state index in [4.69, 9.17) is 0 Å². The lowest BCUT2D eigenvalue weighted by Crippen LogP contribution is -2.02. The summed E-state index contributed by atoms with van der Waals surface area (Å²) in [5.41, 5.74) is -1.18. The minimum Gasteiger partial charge on any atom is -0.476 e. The van der Waals surface area contributed by atoms with E-state index in [9.17, 15) is 20.2 Å². The fourth-order valence-corrected chi connectivity index (χ4v) is 1.02. The van der Waals surface area contributed by atoms with E-state index < -0.39 is 21.2 Å². The molecule has 0 spiro atoms. The van der Waals surface area contributed by atoms with Gasteiger partial charge in [-0.05, 0) is 0 Å². The third kappa shape index (κ3) is 1.97. The van der Waals surface area contributed by atoms with Crippen molar-refractivity contribution in [2.24, 2.45) is 0 Å². The van der Waals surface area contributed by atoms with Gasteiger partial charge in [-0.25, -0.2) is 0 Å². The van der Waals surface area contributed by atoms with Crippen LogP contribution < -0.4 is 9.47 Å². The highest BCUT2D eigenvalue weighted by molar-refractivity contribution is 5.54. The highest BCUT2D eigenvalue weighted by Crippen LogP contribution is 2.34. The highest BCUT2D eigenvalue weighted by atomic mass is 16.6. The molecule has 9 heteroatoms. The van der Waals surface area contributed by atoms with Crippen molar-refractivity contribution < 1.29 is 19.3 Å². The van der Waals surface area contributed by atoms with E-state index in [1.54, 1.807) is 0 Å². The summed E-state index contributed by atoms with van der Waals surface area (Å²) in [4.78, 5) is 23.0. The van der Waals surface area contributed by atoms with E-state index in [0.29, 0.717) is 0 Å². The molecule has 0 N–H and O–H groups in total. The number of nitrogens with zero attached hydrogens (tertiary/aromatic N) is 3. The van der Waals surface area contributed by atoms with E-state index in [0.717, 1.165) is 6.07 Å². The molecule has 1 aromatic rings. The second-order valence-corrected chi connectivity index (χ2v) is 2.56. The quantitative estimate of drug-likeness (QED) is 0.556. The van der Waals surface area contributed by atoms with Gasteiger partial charge in [-0.15, -0.1) is 0 Å². The molecule has 0 amide bonds. The van der Waals surface area contributed by atoms with Crippen molar-refractivity contribution in [3.8, 4) is 11.8 Å². The SMILES string of the molecule is COc1nc(OC)c([N+](=O)[O-])cc1[N+](=O)[O-]. The molecule has 9 nitrogen and oxygen atoms in total. The number of ether oxygens (including phenoxy) is 2. The van der Waals surface area contributed by atoms with Crippen LogP contribution in [0.4, 0.5) is 11.4 Å². The lowest BCUT2D eigenvalue weighted by atomic mass is 10.3. The maximum absolute atomic E-state index is 10.6. The highest BCUT2D eigenvalue weighted by Gasteiger charge is 2.27. The van der Waals surface area contributed by atoms with Crippen molar-refractivity contribution in [3.05, 3.63) is 26.3 Å². The molecule has 16 heavy (non-hydrogen) atoms. The molecule has 0 bridgehead atoms. The zero-order valence-corrected chi connectivity index (χ0v) is 8.37. The molecule has 0 radical (unpaired) electrons. The van der Waals surface area contributed by atoms with E-state index in [1.807, 2.05) is 0 Å². The maximum atomic E-state index is 10.6. The van der Waals surface area contributed by atoms with Crippen molar-refractivity contribution in [1.82, 2.24) is 4.98 Å². The summed E-state index contributed by atoms with van der Waals surface area (Å²) < 4.78 is 9.26. The molecule has 0 saturated heterocycles. The van der Waals surface area contributed by atoms with Crippen molar-refractivity contribution in [1.29, 1.82) is 0 Å². The van der Waals surface area contributed by atoms with Crippen LogP contribution in [0.15, 0.2) is 6.07 Å². The van der Waals surface area contributed by atoms with Gasteiger partial charge in [0, 0.05) is 0 Å². The number of pyridine rings is 1. The Bertz CT molecular complexity index is 409. The Labute approximate surface area is 88.9 Å². The van der Waals surface area contributed by atoms with Gasteiger partial charge in [0.1, 0.15) is 6.07 Å². The van der Waals surface area contributed by atoms with Gasteiger partial charge in [-0.3, -0.25) is 20.2 Å². The average molecular weight is 229 g/mol. The Morgan fingerprint density at radius 2 is 1.44 bits per heavy atom. The molecule has 1 aromatic heterocycles. The molecule has 0 aliphatic heterocycles. The first kappa shape index (κ1) is 11.6. The Hall–Kier alpha value is -2.45. The number of hydrogen-bond acceptors (Lipinski definition) is 7.